The minimum Gasteiger partial charge on any atom is -0.206 e. The Balaban J connectivity index is 1.95. The first-order valence-electron chi connectivity index (χ1n) is 4.61. The Labute approximate surface area is 66.0 Å². The van der Waals surface area contributed by atoms with Crippen LogP contribution in [0.3, 0.4) is 0 Å². The molecule has 0 spiro atoms. The molecule has 0 aliphatic heterocycles. The Hall–Kier alpha value is -0.140. The smallest absolute Gasteiger partial charge is 0.206 e. The summed E-state index contributed by atoms with van der Waals surface area (Å²) >= 11 is 0. The standard InChI is InChI=1S/C9H14F2/c10-9(11)7-5-3-1-2-4-6-8(7)9/h7-8H,1-6H2/t7-,8-/m0/s1. The van der Waals surface area contributed by atoms with Crippen LogP contribution in [0.25, 0.3) is 0 Å². The van der Waals surface area contributed by atoms with Gasteiger partial charge in [-0.15, -0.1) is 0 Å². The number of hydrogen-bond acceptors (Lipinski definition) is 0. The van der Waals surface area contributed by atoms with Crippen LogP contribution < -0.4 is 0 Å². The predicted molar refractivity (Wildman–Crippen MR) is 39.6 cm³/mol. The van der Waals surface area contributed by atoms with E-state index in [9.17, 15) is 8.78 Å². The van der Waals surface area contributed by atoms with Gasteiger partial charge in [-0.25, -0.2) is 8.78 Å². The number of hydrogen-bond donors (Lipinski definition) is 0. The van der Waals surface area contributed by atoms with Gasteiger partial charge in [0, 0.05) is 11.8 Å². The zero-order chi connectivity index (χ0) is 7.90. The van der Waals surface area contributed by atoms with E-state index in [1.165, 1.54) is 12.8 Å². The third-order valence-electron chi connectivity index (χ3n) is 3.15. The minimum atomic E-state index is -2.27. The van der Waals surface area contributed by atoms with Crippen molar-refractivity contribution in [2.75, 3.05) is 0 Å². The molecule has 0 amide bonds. The lowest BCUT2D eigenvalue weighted by Crippen LogP contribution is -1.93. The second-order valence-electron chi connectivity index (χ2n) is 3.88. The average Bonchev–Trinajstić information content (AvgIpc) is 2.29. The van der Waals surface area contributed by atoms with Gasteiger partial charge < -0.3 is 0 Å². The first-order valence-corrected chi connectivity index (χ1v) is 4.61. The molecule has 0 bridgehead atoms. The molecule has 11 heavy (non-hydrogen) atoms. The molecule has 2 saturated carbocycles. The lowest BCUT2D eigenvalue weighted by molar-refractivity contribution is 0.0818. The molecular weight excluding hydrogens is 146 g/mol. The highest BCUT2D eigenvalue weighted by Gasteiger charge is 2.66. The van der Waals surface area contributed by atoms with Gasteiger partial charge in [-0.3, -0.25) is 0 Å². The summed E-state index contributed by atoms with van der Waals surface area (Å²) in [4.78, 5) is 0. The fourth-order valence-corrected chi connectivity index (χ4v) is 2.33. The highest BCUT2D eigenvalue weighted by Crippen LogP contribution is 2.60. The van der Waals surface area contributed by atoms with Crippen molar-refractivity contribution in [1.82, 2.24) is 0 Å². The van der Waals surface area contributed by atoms with Crippen molar-refractivity contribution in [2.24, 2.45) is 11.8 Å². The van der Waals surface area contributed by atoms with E-state index in [4.69, 9.17) is 0 Å². The summed E-state index contributed by atoms with van der Waals surface area (Å²) in [7, 11) is 0. The Kier molecular flexibility index (Phi) is 1.66. The summed E-state index contributed by atoms with van der Waals surface area (Å²) < 4.78 is 25.7. The zero-order valence-electron chi connectivity index (χ0n) is 6.65. The van der Waals surface area contributed by atoms with Gasteiger partial charge in [-0.05, 0) is 12.8 Å². The highest BCUT2D eigenvalue weighted by atomic mass is 19.3. The molecule has 2 fully saturated rings. The Bertz CT molecular complexity index is 138. The monoisotopic (exact) mass is 160 g/mol. The molecule has 0 saturated heterocycles. The third kappa shape index (κ3) is 1.17. The van der Waals surface area contributed by atoms with Crippen molar-refractivity contribution >= 4 is 0 Å². The van der Waals surface area contributed by atoms with Gasteiger partial charge in [0.1, 0.15) is 0 Å². The molecule has 0 aromatic carbocycles. The molecule has 2 heteroatoms. The van der Waals surface area contributed by atoms with E-state index in [-0.39, 0.29) is 11.8 Å². The van der Waals surface area contributed by atoms with Crippen LogP contribution in [0.2, 0.25) is 0 Å². The Morgan fingerprint density at radius 1 is 0.818 bits per heavy atom. The fraction of sp³-hybridized carbons (Fsp3) is 1.00. The molecule has 2 aliphatic rings. The van der Waals surface area contributed by atoms with Crippen LogP contribution in [-0.2, 0) is 0 Å². The molecule has 0 N–H and O–H groups in total. The van der Waals surface area contributed by atoms with E-state index < -0.39 is 5.92 Å². The third-order valence-corrected chi connectivity index (χ3v) is 3.15. The van der Waals surface area contributed by atoms with Crippen LogP contribution in [0.4, 0.5) is 8.78 Å². The molecule has 0 radical (unpaired) electrons. The van der Waals surface area contributed by atoms with Crippen LogP contribution in [0.15, 0.2) is 0 Å². The maximum Gasteiger partial charge on any atom is 0.254 e. The van der Waals surface area contributed by atoms with E-state index in [1.54, 1.807) is 0 Å². The topological polar surface area (TPSA) is 0 Å². The predicted octanol–water partition coefficient (Wildman–Crippen LogP) is 3.22. The van der Waals surface area contributed by atoms with E-state index in [2.05, 4.69) is 0 Å². The number of rotatable bonds is 0. The Morgan fingerprint density at radius 2 is 1.27 bits per heavy atom. The quantitative estimate of drug-likeness (QED) is 0.510. The molecule has 0 unspecified atom stereocenters. The van der Waals surface area contributed by atoms with Gasteiger partial charge in [-0.2, -0.15) is 0 Å². The van der Waals surface area contributed by atoms with Crippen molar-refractivity contribution in [1.29, 1.82) is 0 Å². The van der Waals surface area contributed by atoms with E-state index in [0.717, 1.165) is 25.7 Å². The van der Waals surface area contributed by atoms with Crippen LogP contribution in [0, 0.1) is 11.8 Å². The van der Waals surface area contributed by atoms with E-state index >= 15 is 0 Å². The maximum absolute atomic E-state index is 12.9. The van der Waals surface area contributed by atoms with Crippen molar-refractivity contribution in [3.05, 3.63) is 0 Å². The number of fused-ring (bicyclic) bond motifs is 1. The lowest BCUT2D eigenvalue weighted by Gasteiger charge is -2.03. The SMILES string of the molecule is FC1(F)[C@H]2CCCCCC[C@@H]21. The summed E-state index contributed by atoms with van der Waals surface area (Å²) in [6.07, 6.45) is 5.93. The lowest BCUT2D eigenvalue weighted by atomic mass is 10.0. The van der Waals surface area contributed by atoms with Crippen LogP contribution in [0.5, 0.6) is 0 Å². The first kappa shape index (κ1) is 7.51. The normalized spacial score (nSPS) is 42.0. The van der Waals surface area contributed by atoms with Gasteiger partial charge in [0.25, 0.3) is 5.92 Å². The summed E-state index contributed by atoms with van der Waals surface area (Å²) in [6, 6.07) is 0. The molecule has 2 atom stereocenters. The van der Waals surface area contributed by atoms with Crippen molar-refractivity contribution in [2.45, 2.75) is 44.4 Å². The molecule has 0 nitrogen and oxygen atoms in total. The van der Waals surface area contributed by atoms with Gasteiger partial charge in [-0.1, -0.05) is 25.7 Å². The molecule has 64 valence electrons. The second kappa shape index (κ2) is 2.43. The number of halogens is 2. The molecule has 0 aromatic heterocycles. The molecule has 2 rings (SSSR count). The van der Waals surface area contributed by atoms with E-state index in [0.29, 0.717) is 0 Å². The molecule has 0 aromatic rings. The van der Waals surface area contributed by atoms with E-state index in [1.807, 2.05) is 0 Å². The maximum atomic E-state index is 12.9. The summed E-state index contributed by atoms with van der Waals surface area (Å²) in [5, 5.41) is 0. The Morgan fingerprint density at radius 3 is 1.73 bits per heavy atom. The molecule has 2 aliphatic carbocycles. The summed E-state index contributed by atoms with van der Waals surface area (Å²) in [5.74, 6) is -2.74. The van der Waals surface area contributed by atoms with Crippen molar-refractivity contribution < 1.29 is 8.78 Å². The second-order valence-corrected chi connectivity index (χ2v) is 3.88. The fourth-order valence-electron chi connectivity index (χ4n) is 2.33. The molecule has 0 heterocycles. The van der Waals surface area contributed by atoms with Crippen LogP contribution >= 0.6 is 0 Å². The first-order chi connectivity index (χ1) is 5.23. The minimum absolute atomic E-state index is 0.234. The summed E-state index contributed by atoms with van der Waals surface area (Å²) in [6.45, 7) is 0. The van der Waals surface area contributed by atoms with Gasteiger partial charge in [0.15, 0.2) is 0 Å². The van der Waals surface area contributed by atoms with Gasteiger partial charge in [0.2, 0.25) is 0 Å². The van der Waals surface area contributed by atoms with Gasteiger partial charge in [0.05, 0.1) is 0 Å². The van der Waals surface area contributed by atoms with Gasteiger partial charge >= 0.3 is 0 Å². The number of alkyl halides is 2. The summed E-state index contributed by atoms with van der Waals surface area (Å²) in [5.41, 5.74) is 0. The van der Waals surface area contributed by atoms with Crippen molar-refractivity contribution in [3.63, 3.8) is 0 Å². The van der Waals surface area contributed by atoms with Crippen LogP contribution in [0.1, 0.15) is 38.5 Å². The van der Waals surface area contributed by atoms with Crippen LogP contribution in [-0.4, -0.2) is 5.92 Å². The zero-order valence-corrected chi connectivity index (χ0v) is 6.65. The average molecular weight is 160 g/mol. The van der Waals surface area contributed by atoms with Crippen molar-refractivity contribution in [3.8, 4) is 0 Å². The largest absolute Gasteiger partial charge is 0.254 e. The molecular formula is C9H14F2. The highest BCUT2D eigenvalue weighted by molar-refractivity contribution is 5.05.